The highest BCUT2D eigenvalue weighted by molar-refractivity contribution is 5.90. The molecule has 5 nitrogen and oxygen atoms in total. The normalized spacial score (nSPS) is 24.4. The average Bonchev–Trinajstić information content (AvgIpc) is 2.88. The van der Waals surface area contributed by atoms with E-state index in [2.05, 4.69) is 0 Å². The molecule has 0 amide bonds. The third-order valence-electron chi connectivity index (χ3n) is 6.39. The average molecular weight is 417 g/mol. The number of hydrogen-bond donors (Lipinski definition) is 3. The zero-order chi connectivity index (χ0) is 22.1. The van der Waals surface area contributed by atoms with Crippen molar-refractivity contribution in [3.05, 3.63) is 48.0 Å². The SMILES string of the molecule is CC1(C)C(=O)[C@H](C/C=C\CCCC(=O)O)[C@@H](CCC(O)CCc2ccccc2)[C@@H]1O. The number of aliphatic hydroxyl groups excluding tert-OH is 2. The van der Waals surface area contributed by atoms with Gasteiger partial charge in [0.2, 0.25) is 0 Å². The molecule has 0 saturated heterocycles. The second-order valence-corrected chi connectivity index (χ2v) is 9.05. The molecule has 1 aromatic rings. The van der Waals surface area contributed by atoms with Gasteiger partial charge in [-0.15, -0.1) is 0 Å². The van der Waals surface area contributed by atoms with Gasteiger partial charge in [0, 0.05) is 17.8 Å². The topological polar surface area (TPSA) is 94.8 Å². The molecule has 0 aromatic heterocycles. The summed E-state index contributed by atoms with van der Waals surface area (Å²) in [5, 5.41) is 29.9. The molecular weight excluding hydrogens is 380 g/mol. The minimum atomic E-state index is -0.801. The lowest BCUT2D eigenvalue weighted by molar-refractivity contribution is -0.137. The summed E-state index contributed by atoms with van der Waals surface area (Å²) in [6, 6.07) is 10.1. The van der Waals surface area contributed by atoms with Crippen molar-refractivity contribution in [2.24, 2.45) is 17.3 Å². The monoisotopic (exact) mass is 416 g/mol. The molecular formula is C25H36O5. The van der Waals surface area contributed by atoms with Crippen LogP contribution in [-0.2, 0) is 16.0 Å². The molecule has 1 aromatic carbocycles. The van der Waals surface area contributed by atoms with Crippen LogP contribution in [0.5, 0.6) is 0 Å². The number of allylic oxidation sites excluding steroid dienone is 2. The third kappa shape index (κ3) is 6.78. The molecule has 1 unspecified atom stereocenters. The van der Waals surface area contributed by atoms with E-state index < -0.39 is 23.6 Å². The van der Waals surface area contributed by atoms with Gasteiger partial charge in [-0.2, -0.15) is 0 Å². The quantitative estimate of drug-likeness (QED) is 0.351. The lowest BCUT2D eigenvalue weighted by Crippen LogP contribution is -2.32. The maximum atomic E-state index is 12.9. The van der Waals surface area contributed by atoms with Gasteiger partial charge in [-0.05, 0) is 56.4 Å². The Bertz CT molecular complexity index is 710. The first-order valence-electron chi connectivity index (χ1n) is 11.0. The number of ketones is 1. The molecule has 2 rings (SSSR count). The van der Waals surface area contributed by atoms with E-state index in [9.17, 15) is 19.8 Å². The van der Waals surface area contributed by atoms with E-state index in [1.165, 1.54) is 5.56 Å². The first-order valence-corrected chi connectivity index (χ1v) is 11.0. The lowest BCUT2D eigenvalue weighted by Gasteiger charge is -2.25. The van der Waals surface area contributed by atoms with E-state index in [0.717, 1.165) is 6.42 Å². The van der Waals surface area contributed by atoms with Crippen LogP contribution in [0, 0.1) is 17.3 Å². The van der Waals surface area contributed by atoms with E-state index in [0.29, 0.717) is 38.5 Å². The number of Topliss-reactive ketones (excluding diaryl/α,β-unsaturated/α-hetero) is 1. The minimum absolute atomic E-state index is 0.0777. The van der Waals surface area contributed by atoms with Crippen LogP contribution in [0.25, 0.3) is 0 Å². The van der Waals surface area contributed by atoms with Gasteiger partial charge in [-0.25, -0.2) is 0 Å². The zero-order valence-corrected chi connectivity index (χ0v) is 18.2. The van der Waals surface area contributed by atoms with Crippen molar-refractivity contribution >= 4 is 11.8 Å². The predicted molar refractivity (Wildman–Crippen MR) is 117 cm³/mol. The zero-order valence-electron chi connectivity index (χ0n) is 18.2. The van der Waals surface area contributed by atoms with Crippen LogP contribution in [0.15, 0.2) is 42.5 Å². The van der Waals surface area contributed by atoms with Crippen LogP contribution in [0.1, 0.15) is 64.4 Å². The van der Waals surface area contributed by atoms with Gasteiger partial charge in [-0.3, -0.25) is 9.59 Å². The Morgan fingerprint density at radius 2 is 1.87 bits per heavy atom. The molecule has 30 heavy (non-hydrogen) atoms. The summed E-state index contributed by atoms with van der Waals surface area (Å²) in [6.07, 6.45) is 7.30. The summed E-state index contributed by atoms with van der Waals surface area (Å²) in [5.74, 6) is -1.14. The second-order valence-electron chi connectivity index (χ2n) is 9.05. The molecule has 166 valence electrons. The number of carboxylic acid groups (broad SMARTS) is 1. The molecule has 0 heterocycles. The van der Waals surface area contributed by atoms with Crippen molar-refractivity contribution < 1.29 is 24.9 Å². The molecule has 0 radical (unpaired) electrons. The fourth-order valence-electron chi connectivity index (χ4n) is 4.45. The van der Waals surface area contributed by atoms with Gasteiger partial charge in [0.1, 0.15) is 5.78 Å². The molecule has 1 saturated carbocycles. The Labute approximate surface area is 179 Å². The lowest BCUT2D eigenvalue weighted by atomic mass is 9.84. The van der Waals surface area contributed by atoms with E-state index in [4.69, 9.17) is 5.11 Å². The van der Waals surface area contributed by atoms with Gasteiger partial charge >= 0.3 is 5.97 Å². The largest absolute Gasteiger partial charge is 0.481 e. The number of benzene rings is 1. The summed E-state index contributed by atoms with van der Waals surface area (Å²) in [6.45, 7) is 3.60. The standard InChI is InChI=1S/C25H36O5/c1-25(2)23(29)20(12-8-3-4-9-13-22(27)28)21(24(25)30)17-16-19(26)15-14-18-10-6-5-7-11-18/h3,5-8,10-11,19-21,24,26,30H,4,9,12-17H2,1-2H3,(H,27,28)/b8-3-/t19?,20-,21-,24+/m1/s1. The third-order valence-corrected chi connectivity index (χ3v) is 6.39. The van der Waals surface area contributed by atoms with Crippen molar-refractivity contribution in [2.75, 3.05) is 0 Å². The molecule has 0 aliphatic heterocycles. The van der Waals surface area contributed by atoms with E-state index in [-0.39, 0.29) is 24.0 Å². The predicted octanol–water partition coefficient (Wildman–Crippen LogP) is 4.16. The summed E-state index contributed by atoms with van der Waals surface area (Å²) >= 11 is 0. The van der Waals surface area contributed by atoms with Crippen molar-refractivity contribution in [1.29, 1.82) is 0 Å². The Kier molecular flexibility index (Phi) is 9.25. The summed E-state index contributed by atoms with van der Waals surface area (Å²) in [5.41, 5.74) is 0.418. The van der Waals surface area contributed by atoms with Crippen LogP contribution in [0.4, 0.5) is 0 Å². The number of rotatable bonds is 12. The van der Waals surface area contributed by atoms with Gasteiger partial charge in [-0.1, -0.05) is 56.3 Å². The van der Waals surface area contributed by atoms with Gasteiger partial charge in [0.25, 0.3) is 0 Å². The molecule has 1 fully saturated rings. The number of carbonyl (C=O) groups is 2. The van der Waals surface area contributed by atoms with E-state index in [1.807, 2.05) is 42.5 Å². The van der Waals surface area contributed by atoms with E-state index in [1.54, 1.807) is 13.8 Å². The Morgan fingerprint density at radius 3 is 2.53 bits per heavy atom. The minimum Gasteiger partial charge on any atom is -0.481 e. The summed E-state index contributed by atoms with van der Waals surface area (Å²) in [4.78, 5) is 23.5. The second kappa shape index (κ2) is 11.4. The molecule has 1 aliphatic rings. The maximum absolute atomic E-state index is 12.9. The number of carboxylic acids is 1. The molecule has 1 aliphatic carbocycles. The van der Waals surface area contributed by atoms with Crippen LogP contribution < -0.4 is 0 Å². The highest BCUT2D eigenvalue weighted by Gasteiger charge is 2.53. The number of aliphatic carboxylic acids is 1. The molecule has 3 N–H and O–H groups in total. The van der Waals surface area contributed by atoms with Crippen LogP contribution in [-0.4, -0.2) is 39.3 Å². The van der Waals surface area contributed by atoms with Crippen molar-refractivity contribution in [3.63, 3.8) is 0 Å². The fourth-order valence-corrected chi connectivity index (χ4v) is 4.45. The number of unbranched alkanes of at least 4 members (excludes halogenated alkanes) is 1. The first kappa shape index (κ1) is 24.3. The number of aliphatic hydroxyl groups is 2. The van der Waals surface area contributed by atoms with E-state index >= 15 is 0 Å². The first-order chi connectivity index (χ1) is 14.2. The van der Waals surface area contributed by atoms with Crippen molar-refractivity contribution in [1.82, 2.24) is 0 Å². The molecule has 4 atom stereocenters. The number of hydrogen-bond acceptors (Lipinski definition) is 4. The number of carbonyl (C=O) groups excluding carboxylic acids is 1. The Balaban J connectivity index is 1.87. The van der Waals surface area contributed by atoms with Crippen molar-refractivity contribution in [2.45, 2.75) is 77.4 Å². The summed E-state index contributed by atoms with van der Waals surface area (Å²) < 4.78 is 0. The summed E-state index contributed by atoms with van der Waals surface area (Å²) in [7, 11) is 0. The molecule has 5 heteroatoms. The van der Waals surface area contributed by atoms with Gasteiger partial charge in [0.05, 0.1) is 12.2 Å². The van der Waals surface area contributed by atoms with Crippen LogP contribution in [0.3, 0.4) is 0 Å². The van der Waals surface area contributed by atoms with Gasteiger partial charge in [0.15, 0.2) is 0 Å². The highest BCUT2D eigenvalue weighted by atomic mass is 16.4. The highest BCUT2D eigenvalue weighted by Crippen LogP contribution is 2.46. The maximum Gasteiger partial charge on any atom is 0.303 e. The Morgan fingerprint density at radius 1 is 1.17 bits per heavy atom. The number of aryl methyl sites for hydroxylation is 1. The molecule has 0 bridgehead atoms. The Hall–Kier alpha value is -1.98. The fraction of sp³-hybridized carbons (Fsp3) is 0.600. The van der Waals surface area contributed by atoms with Crippen molar-refractivity contribution in [3.8, 4) is 0 Å². The van der Waals surface area contributed by atoms with Crippen LogP contribution >= 0.6 is 0 Å². The van der Waals surface area contributed by atoms with Crippen LogP contribution in [0.2, 0.25) is 0 Å². The smallest absolute Gasteiger partial charge is 0.303 e. The van der Waals surface area contributed by atoms with Gasteiger partial charge < -0.3 is 15.3 Å². The molecule has 0 spiro atoms.